The summed E-state index contributed by atoms with van der Waals surface area (Å²) in [6.07, 6.45) is 0.580. The molecule has 5 N–H and O–H groups in total. The molecule has 0 amide bonds. The minimum atomic E-state index is -1.33. The number of aliphatic hydroxyl groups is 3. The number of nitrogens with two attached hydrogens (primary N) is 1. The minimum absolute atomic E-state index is 0.0960. The second-order valence-corrected chi connectivity index (χ2v) is 4.57. The Kier molecular flexibility index (Phi) is 8.18. The molecule has 0 saturated heterocycles. The first kappa shape index (κ1) is 17.7. The molecule has 0 spiro atoms. The van der Waals surface area contributed by atoms with Crippen molar-refractivity contribution in [2.24, 2.45) is 5.73 Å². The molecular weight excluding hydrogens is 246 g/mol. The van der Waals surface area contributed by atoms with Crippen LogP contribution in [0.15, 0.2) is 24.3 Å². The highest BCUT2D eigenvalue weighted by molar-refractivity contribution is 6.01. The third kappa shape index (κ3) is 7.03. The van der Waals surface area contributed by atoms with E-state index < -0.39 is 5.60 Å². The Morgan fingerprint density at radius 2 is 1.63 bits per heavy atom. The maximum Gasteiger partial charge on any atom is 0.193 e. The van der Waals surface area contributed by atoms with E-state index in [4.69, 9.17) is 15.9 Å². The zero-order valence-electron chi connectivity index (χ0n) is 11.5. The Balaban J connectivity index is 0.000000711. The van der Waals surface area contributed by atoms with Gasteiger partial charge < -0.3 is 21.1 Å². The second-order valence-electron chi connectivity index (χ2n) is 4.57. The van der Waals surface area contributed by atoms with E-state index in [9.17, 15) is 9.90 Å². The van der Waals surface area contributed by atoms with Gasteiger partial charge in [-0.1, -0.05) is 24.3 Å². The van der Waals surface area contributed by atoms with E-state index in [-0.39, 0.29) is 19.0 Å². The van der Waals surface area contributed by atoms with Gasteiger partial charge in [-0.25, -0.2) is 0 Å². The molecule has 0 fully saturated rings. The molecule has 0 saturated carbocycles. The molecule has 0 aliphatic heterocycles. The lowest BCUT2D eigenvalue weighted by atomic mass is 9.96. The van der Waals surface area contributed by atoms with Crippen molar-refractivity contribution in [2.45, 2.75) is 25.9 Å². The lowest BCUT2D eigenvalue weighted by Crippen LogP contribution is -2.31. The average molecular weight is 269 g/mol. The van der Waals surface area contributed by atoms with Crippen LogP contribution in [0.4, 0.5) is 0 Å². The fourth-order valence-electron chi connectivity index (χ4n) is 1.31. The van der Waals surface area contributed by atoms with Crippen molar-refractivity contribution < 1.29 is 20.1 Å². The van der Waals surface area contributed by atoms with E-state index in [1.165, 1.54) is 13.8 Å². The van der Waals surface area contributed by atoms with Crippen LogP contribution in [0.1, 0.15) is 29.8 Å². The van der Waals surface area contributed by atoms with Crippen LogP contribution in [0, 0.1) is 0 Å². The van der Waals surface area contributed by atoms with Gasteiger partial charge in [-0.15, -0.1) is 0 Å². The number of Topliss-reactive ketones (excluding diaryl/α,β-unsaturated/α-hetero) is 1. The summed E-state index contributed by atoms with van der Waals surface area (Å²) in [7, 11) is 0. The van der Waals surface area contributed by atoms with Crippen molar-refractivity contribution in [3.63, 3.8) is 0 Å². The second kappa shape index (κ2) is 8.77. The Hall–Kier alpha value is -1.27. The third-order valence-corrected chi connectivity index (χ3v) is 2.30. The van der Waals surface area contributed by atoms with E-state index >= 15 is 0 Å². The summed E-state index contributed by atoms with van der Waals surface area (Å²) in [5.41, 5.74) is 4.91. The van der Waals surface area contributed by atoms with Crippen molar-refractivity contribution in [1.82, 2.24) is 0 Å². The summed E-state index contributed by atoms with van der Waals surface area (Å²) in [5.74, 6) is -0.293. The molecule has 0 atom stereocenters. The first-order valence-corrected chi connectivity index (χ1v) is 6.14. The van der Waals surface area contributed by atoms with Gasteiger partial charge in [0, 0.05) is 18.7 Å². The summed E-state index contributed by atoms with van der Waals surface area (Å²) in [4.78, 5) is 11.6. The Labute approximate surface area is 113 Å². The fourth-order valence-corrected chi connectivity index (χ4v) is 1.31. The van der Waals surface area contributed by atoms with E-state index in [1.807, 2.05) is 0 Å². The Morgan fingerprint density at radius 1 is 1.16 bits per heavy atom. The van der Waals surface area contributed by atoms with Crippen LogP contribution >= 0.6 is 0 Å². The summed E-state index contributed by atoms with van der Waals surface area (Å²) >= 11 is 0. The van der Waals surface area contributed by atoms with E-state index in [1.54, 1.807) is 24.3 Å². The zero-order valence-corrected chi connectivity index (χ0v) is 11.5. The zero-order chi connectivity index (χ0) is 14.9. The van der Waals surface area contributed by atoms with Crippen molar-refractivity contribution in [1.29, 1.82) is 0 Å². The van der Waals surface area contributed by atoms with Gasteiger partial charge in [0.2, 0.25) is 0 Å². The molecule has 5 nitrogen and oxygen atoms in total. The summed E-state index contributed by atoms with van der Waals surface area (Å²) in [6.45, 7) is 3.51. The first-order valence-electron chi connectivity index (χ1n) is 6.14. The van der Waals surface area contributed by atoms with Crippen molar-refractivity contribution in [2.75, 3.05) is 19.8 Å². The van der Waals surface area contributed by atoms with Crippen LogP contribution in [-0.2, 0) is 6.42 Å². The number of hydrogen-bond donors (Lipinski definition) is 4. The lowest BCUT2D eigenvalue weighted by Gasteiger charge is -2.15. The topological polar surface area (TPSA) is 104 Å². The maximum atomic E-state index is 11.6. The highest BCUT2D eigenvalue weighted by atomic mass is 16.3. The van der Waals surface area contributed by atoms with E-state index in [0.29, 0.717) is 18.5 Å². The van der Waals surface area contributed by atoms with Crippen molar-refractivity contribution in [3.05, 3.63) is 35.4 Å². The highest BCUT2D eigenvalue weighted by Gasteiger charge is 2.24. The van der Waals surface area contributed by atoms with Gasteiger partial charge in [0.15, 0.2) is 5.78 Å². The molecule has 5 heteroatoms. The number of carbonyl (C=O) groups is 1. The van der Waals surface area contributed by atoms with Gasteiger partial charge in [0.1, 0.15) is 5.60 Å². The van der Waals surface area contributed by atoms with E-state index in [2.05, 4.69) is 0 Å². The summed E-state index contributed by atoms with van der Waals surface area (Å²) < 4.78 is 0. The van der Waals surface area contributed by atoms with Crippen LogP contribution in [-0.4, -0.2) is 46.5 Å². The smallest absolute Gasteiger partial charge is 0.193 e. The number of ketones is 1. The van der Waals surface area contributed by atoms with Gasteiger partial charge in [-0.2, -0.15) is 0 Å². The molecule has 1 aromatic rings. The summed E-state index contributed by atoms with van der Waals surface area (Å²) in [5, 5.41) is 26.0. The molecule has 0 aromatic heterocycles. The molecular formula is C14H23NO4. The predicted molar refractivity (Wildman–Crippen MR) is 74.0 cm³/mol. The quantitative estimate of drug-likeness (QED) is 0.568. The van der Waals surface area contributed by atoms with Crippen molar-refractivity contribution >= 4 is 5.78 Å². The molecule has 1 aromatic carbocycles. The van der Waals surface area contributed by atoms with Crippen LogP contribution in [0.3, 0.4) is 0 Å². The van der Waals surface area contributed by atoms with Gasteiger partial charge in [-0.05, 0) is 25.8 Å². The molecule has 0 bridgehead atoms. The van der Waals surface area contributed by atoms with Crippen LogP contribution in [0.5, 0.6) is 0 Å². The Morgan fingerprint density at radius 3 is 1.95 bits per heavy atom. The lowest BCUT2D eigenvalue weighted by molar-refractivity contribution is 0.0488. The molecule has 0 aliphatic rings. The van der Waals surface area contributed by atoms with Gasteiger partial charge in [0.25, 0.3) is 0 Å². The molecule has 0 heterocycles. The average Bonchev–Trinajstić information content (AvgIpc) is 2.38. The van der Waals surface area contributed by atoms with Gasteiger partial charge >= 0.3 is 0 Å². The monoisotopic (exact) mass is 269 g/mol. The SMILES string of the molecule is CC(C)(O)C(=O)c1ccc(CCO)cc1.NCCO. The molecule has 1 rings (SSSR count). The standard InChI is InChI=1S/C12H16O3.C2H7NO/c1-12(2,15)11(14)10-5-3-9(4-6-10)7-8-13;3-1-2-4/h3-6,13,15H,7-8H2,1-2H3;4H,1-3H2. The summed E-state index contributed by atoms with van der Waals surface area (Å²) in [6, 6.07) is 6.92. The number of hydrogen-bond acceptors (Lipinski definition) is 5. The highest BCUT2D eigenvalue weighted by Crippen LogP contribution is 2.13. The number of carbonyl (C=O) groups excluding carboxylic acids is 1. The fraction of sp³-hybridized carbons (Fsp3) is 0.500. The number of aliphatic hydroxyl groups excluding tert-OH is 2. The molecule has 108 valence electrons. The molecule has 0 radical (unpaired) electrons. The van der Waals surface area contributed by atoms with Crippen LogP contribution in [0.2, 0.25) is 0 Å². The minimum Gasteiger partial charge on any atom is -0.396 e. The number of rotatable bonds is 5. The van der Waals surface area contributed by atoms with E-state index in [0.717, 1.165) is 5.56 Å². The van der Waals surface area contributed by atoms with Crippen LogP contribution < -0.4 is 5.73 Å². The normalized spacial score (nSPS) is 10.6. The van der Waals surface area contributed by atoms with Gasteiger partial charge in [-0.3, -0.25) is 4.79 Å². The van der Waals surface area contributed by atoms with Crippen LogP contribution in [0.25, 0.3) is 0 Å². The molecule has 19 heavy (non-hydrogen) atoms. The van der Waals surface area contributed by atoms with Crippen molar-refractivity contribution in [3.8, 4) is 0 Å². The maximum absolute atomic E-state index is 11.6. The molecule has 0 aliphatic carbocycles. The third-order valence-electron chi connectivity index (χ3n) is 2.30. The first-order chi connectivity index (χ1) is 8.86. The number of benzene rings is 1. The largest absolute Gasteiger partial charge is 0.396 e. The Bertz CT molecular complexity index is 366. The predicted octanol–water partition coefficient (Wildman–Crippen LogP) is 0.112. The molecule has 0 unspecified atom stereocenters. The van der Waals surface area contributed by atoms with Gasteiger partial charge in [0.05, 0.1) is 6.61 Å².